The molecule has 2 N–H and O–H groups in total. The number of hydrogen-bond donors (Lipinski definition) is 1. The topological polar surface area (TPSA) is 64.8 Å². The molecule has 1 rings (SSSR count). The van der Waals surface area contributed by atoms with E-state index in [0.717, 1.165) is 32.2 Å². The minimum Gasteiger partial charge on any atom is -0.382 e. The molecule has 1 saturated heterocycles. The molecule has 5 nitrogen and oxygen atoms in total. The number of rotatable bonds is 8. The molecule has 0 aliphatic carbocycles. The molecule has 1 fully saturated rings. The van der Waals surface area contributed by atoms with Crippen LogP contribution in [-0.2, 0) is 14.3 Å². The summed E-state index contributed by atoms with van der Waals surface area (Å²) >= 11 is 0. The van der Waals surface area contributed by atoms with Crippen molar-refractivity contribution in [2.24, 2.45) is 5.73 Å². The van der Waals surface area contributed by atoms with E-state index in [9.17, 15) is 4.79 Å². The van der Waals surface area contributed by atoms with Crippen LogP contribution in [-0.4, -0.2) is 56.9 Å². The smallest absolute Gasteiger partial charge is 0.248 e. The summed E-state index contributed by atoms with van der Waals surface area (Å²) < 4.78 is 10.1. The number of nitrogens with zero attached hydrogens (tertiary/aromatic N) is 1. The number of methoxy groups -OCH3 is 1. The van der Waals surface area contributed by atoms with Gasteiger partial charge in [-0.3, -0.25) is 4.79 Å². The van der Waals surface area contributed by atoms with Crippen molar-refractivity contribution in [2.45, 2.75) is 31.7 Å². The maximum Gasteiger partial charge on any atom is 0.248 e. The van der Waals surface area contributed by atoms with Crippen molar-refractivity contribution >= 4 is 5.91 Å². The van der Waals surface area contributed by atoms with Gasteiger partial charge < -0.3 is 20.1 Å². The molecular weight excluding hydrogens is 220 g/mol. The lowest BCUT2D eigenvalue weighted by molar-refractivity contribution is -0.137. The summed E-state index contributed by atoms with van der Waals surface area (Å²) in [7, 11) is 1.62. The molecule has 0 spiro atoms. The first kappa shape index (κ1) is 14.4. The van der Waals surface area contributed by atoms with Crippen molar-refractivity contribution in [3.63, 3.8) is 0 Å². The first-order valence-electron chi connectivity index (χ1n) is 6.35. The lowest BCUT2D eigenvalue weighted by Crippen LogP contribution is -2.38. The van der Waals surface area contributed by atoms with E-state index in [1.54, 1.807) is 7.11 Å². The molecule has 0 aromatic heterocycles. The Morgan fingerprint density at radius 1 is 1.47 bits per heavy atom. The highest BCUT2D eigenvalue weighted by atomic mass is 16.5. The van der Waals surface area contributed by atoms with Gasteiger partial charge in [-0.25, -0.2) is 0 Å². The van der Waals surface area contributed by atoms with E-state index in [1.165, 1.54) is 0 Å². The van der Waals surface area contributed by atoms with Crippen LogP contribution in [0.4, 0.5) is 0 Å². The van der Waals surface area contributed by atoms with Crippen molar-refractivity contribution in [2.75, 3.05) is 40.0 Å². The summed E-state index contributed by atoms with van der Waals surface area (Å²) in [6.07, 6.45) is 4.20. The number of nitrogens with two attached hydrogens (primary N) is 1. The van der Waals surface area contributed by atoms with Gasteiger partial charge in [-0.2, -0.15) is 0 Å². The molecule has 1 unspecified atom stereocenters. The second-order valence-corrected chi connectivity index (χ2v) is 4.36. The molecule has 1 atom stereocenters. The standard InChI is InChI=1S/C12H24N2O3/c1-16-8-9-17-10-12(15)14-7-3-5-11(14)4-2-6-13/h11H,2-10,13H2,1H3. The molecule has 5 heteroatoms. The highest BCUT2D eigenvalue weighted by Gasteiger charge is 2.27. The van der Waals surface area contributed by atoms with E-state index in [4.69, 9.17) is 15.2 Å². The lowest BCUT2D eigenvalue weighted by Gasteiger charge is -2.24. The predicted octanol–water partition coefficient (Wildman–Crippen LogP) is 0.379. The first-order valence-corrected chi connectivity index (χ1v) is 6.35. The highest BCUT2D eigenvalue weighted by molar-refractivity contribution is 5.78. The van der Waals surface area contributed by atoms with Gasteiger partial charge in [0.1, 0.15) is 6.61 Å². The minimum absolute atomic E-state index is 0.0978. The Bertz CT molecular complexity index is 224. The van der Waals surface area contributed by atoms with Gasteiger partial charge in [0.05, 0.1) is 13.2 Å². The molecule has 1 heterocycles. The van der Waals surface area contributed by atoms with E-state index in [1.807, 2.05) is 4.90 Å². The van der Waals surface area contributed by atoms with Gasteiger partial charge in [0.25, 0.3) is 0 Å². The summed E-state index contributed by atoms with van der Waals surface area (Å²) in [4.78, 5) is 13.9. The van der Waals surface area contributed by atoms with Crippen LogP contribution in [0.5, 0.6) is 0 Å². The Balaban J connectivity index is 2.24. The summed E-state index contributed by atoms with van der Waals surface area (Å²) in [6.45, 7) is 2.74. The summed E-state index contributed by atoms with van der Waals surface area (Å²) in [6, 6.07) is 0.372. The third-order valence-corrected chi connectivity index (χ3v) is 3.10. The third-order valence-electron chi connectivity index (χ3n) is 3.10. The quantitative estimate of drug-likeness (QED) is 0.627. The highest BCUT2D eigenvalue weighted by Crippen LogP contribution is 2.21. The van der Waals surface area contributed by atoms with E-state index in [0.29, 0.717) is 25.8 Å². The van der Waals surface area contributed by atoms with E-state index in [2.05, 4.69) is 0 Å². The van der Waals surface area contributed by atoms with Crippen molar-refractivity contribution in [1.82, 2.24) is 4.90 Å². The van der Waals surface area contributed by atoms with Crippen molar-refractivity contribution in [3.8, 4) is 0 Å². The van der Waals surface area contributed by atoms with Crippen LogP contribution >= 0.6 is 0 Å². The number of carbonyl (C=O) groups is 1. The molecular formula is C12H24N2O3. The largest absolute Gasteiger partial charge is 0.382 e. The van der Waals surface area contributed by atoms with E-state index < -0.39 is 0 Å². The van der Waals surface area contributed by atoms with Crippen molar-refractivity contribution in [1.29, 1.82) is 0 Å². The Morgan fingerprint density at radius 2 is 2.29 bits per heavy atom. The van der Waals surface area contributed by atoms with Crippen LogP contribution in [0.15, 0.2) is 0 Å². The van der Waals surface area contributed by atoms with Crippen LogP contribution in [0.25, 0.3) is 0 Å². The Kier molecular flexibility index (Phi) is 7.16. The molecule has 0 saturated carbocycles. The third kappa shape index (κ3) is 5.02. The number of likely N-dealkylation sites (tertiary alicyclic amines) is 1. The Labute approximate surface area is 103 Å². The zero-order valence-electron chi connectivity index (χ0n) is 10.7. The Morgan fingerprint density at radius 3 is 3.00 bits per heavy atom. The van der Waals surface area contributed by atoms with Crippen LogP contribution in [0.3, 0.4) is 0 Å². The summed E-state index contributed by atoms with van der Waals surface area (Å²) in [5.41, 5.74) is 5.50. The molecule has 0 radical (unpaired) electrons. The van der Waals surface area contributed by atoms with Crippen LogP contribution < -0.4 is 5.73 Å². The zero-order chi connectivity index (χ0) is 12.5. The average Bonchev–Trinajstić information content (AvgIpc) is 2.80. The fraction of sp³-hybridized carbons (Fsp3) is 0.917. The fourth-order valence-electron chi connectivity index (χ4n) is 2.20. The second kappa shape index (κ2) is 8.44. The van der Waals surface area contributed by atoms with Gasteiger partial charge >= 0.3 is 0 Å². The maximum atomic E-state index is 11.9. The average molecular weight is 244 g/mol. The molecule has 0 aromatic carbocycles. The van der Waals surface area contributed by atoms with Crippen LogP contribution in [0.1, 0.15) is 25.7 Å². The van der Waals surface area contributed by atoms with E-state index >= 15 is 0 Å². The Hall–Kier alpha value is -0.650. The number of carbonyl (C=O) groups excluding carboxylic acids is 1. The monoisotopic (exact) mass is 244 g/mol. The number of amides is 1. The van der Waals surface area contributed by atoms with Crippen LogP contribution in [0.2, 0.25) is 0 Å². The van der Waals surface area contributed by atoms with Gasteiger partial charge in [-0.05, 0) is 32.2 Å². The van der Waals surface area contributed by atoms with Gasteiger partial charge in [0.2, 0.25) is 5.91 Å². The first-order chi connectivity index (χ1) is 8.29. The van der Waals surface area contributed by atoms with Crippen molar-refractivity contribution in [3.05, 3.63) is 0 Å². The maximum absolute atomic E-state index is 11.9. The number of ether oxygens (including phenoxy) is 2. The molecule has 0 bridgehead atoms. The van der Waals surface area contributed by atoms with Crippen molar-refractivity contribution < 1.29 is 14.3 Å². The van der Waals surface area contributed by atoms with E-state index in [-0.39, 0.29) is 12.5 Å². The summed E-state index contributed by atoms with van der Waals surface area (Å²) in [5, 5.41) is 0. The molecule has 1 aliphatic heterocycles. The normalized spacial score (nSPS) is 19.9. The fourth-order valence-corrected chi connectivity index (χ4v) is 2.20. The van der Waals surface area contributed by atoms with Gasteiger partial charge in [-0.15, -0.1) is 0 Å². The molecule has 0 aromatic rings. The molecule has 100 valence electrons. The van der Waals surface area contributed by atoms with Crippen LogP contribution in [0, 0.1) is 0 Å². The molecule has 1 aliphatic rings. The van der Waals surface area contributed by atoms with Gasteiger partial charge in [0, 0.05) is 19.7 Å². The summed E-state index contributed by atoms with van der Waals surface area (Å²) in [5.74, 6) is 0.0978. The van der Waals surface area contributed by atoms with Gasteiger partial charge in [0.15, 0.2) is 0 Å². The molecule has 1 amide bonds. The second-order valence-electron chi connectivity index (χ2n) is 4.36. The number of hydrogen-bond acceptors (Lipinski definition) is 4. The lowest BCUT2D eigenvalue weighted by atomic mass is 10.1. The van der Waals surface area contributed by atoms with Gasteiger partial charge in [-0.1, -0.05) is 0 Å². The SMILES string of the molecule is COCCOCC(=O)N1CCCC1CCCN. The predicted molar refractivity (Wildman–Crippen MR) is 65.7 cm³/mol. The molecule has 17 heavy (non-hydrogen) atoms. The zero-order valence-corrected chi connectivity index (χ0v) is 10.7. The minimum atomic E-state index is 0.0978.